The minimum Gasteiger partial charge on any atom is -0.370 e. The van der Waals surface area contributed by atoms with E-state index < -0.39 is 45.7 Å². The van der Waals surface area contributed by atoms with Crippen molar-refractivity contribution < 1.29 is 27.6 Å². The van der Waals surface area contributed by atoms with Gasteiger partial charge in [0.2, 0.25) is 33.7 Å². The molecule has 0 fully saturated rings. The smallest absolute Gasteiger partial charge is 0.243 e. The summed E-state index contributed by atoms with van der Waals surface area (Å²) < 4.78 is 28.0. The zero-order valence-electron chi connectivity index (χ0n) is 26.5. The Bertz CT molecular complexity index is 1550. The van der Waals surface area contributed by atoms with Crippen molar-refractivity contribution in [2.45, 2.75) is 49.1 Å². The lowest BCUT2D eigenvalue weighted by molar-refractivity contribution is -0.131. The van der Waals surface area contributed by atoms with Crippen molar-refractivity contribution in [3.05, 3.63) is 36.7 Å². The number of guanidine groups is 2. The van der Waals surface area contributed by atoms with Crippen LogP contribution in [0.3, 0.4) is 0 Å². The molecule has 20 heteroatoms. The van der Waals surface area contributed by atoms with Gasteiger partial charge in [-0.2, -0.15) is 0 Å². The van der Waals surface area contributed by atoms with Gasteiger partial charge >= 0.3 is 0 Å². The fourth-order valence-corrected chi connectivity index (χ4v) is 5.62. The van der Waals surface area contributed by atoms with Gasteiger partial charge in [-0.05, 0) is 37.8 Å². The first-order chi connectivity index (χ1) is 22.8. The molecule has 0 aliphatic heterocycles. The third kappa shape index (κ3) is 14.6. The van der Waals surface area contributed by atoms with Crippen LogP contribution in [0.25, 0.3) is 10.8 Å². The molecule has 0 spiro atoms. The number of nitrogens with one attached hydrogen (secondary N) is 5. The number of rotatable bonds is 22. The summed E-state index contributed by atoms with van der Waals surface area (Å²) in [5, 5.41) is 11.8. The zero-order chi connectivity index (χ0) is 35.5. The maximum atomic E-state index is 13.0. The maximum Gasteiger partial charge on any atom is 0.243 e. The molecule has 1 heterocycles. The molecule has 1 aromatic carbocycles. The molecular formula is C28H45N13O6S. The Hall–Kier alpha value is -5.08. The molecule has 0 radical (unpaired) electrons. The van der Waals surface area contributed by atoms with Crippen LogP contribution in [-0.4, -0.2) is 100 Å². The first kappa shape index (κ1) is 39.1. The first-order valence-corrected chi connectivity index (χ1v) is 16.6. The lowest BCUT2D eigenvalue weighted by Gasteiger charge is -2.22. The van der Waals surface area contributed by atoms with Crippen LogP contribution < -0.4 is 54.7 Å². The highest BCUT2D eigenvalue weighted by molar-refractivity contribution is 7.89. The number of benzene rings is 1. The predicted octanol–water partition coefficient (Wildman–Crippen LogP) is -3.83. The van der Waals surface area contributed by atoms with Gasteiger partial charge in [0.1, 0.15) is 12.1 Å². The van der Waals surface area contributed by atoms with Crippen LogP contribution in [-0.2, 0) is 29.2 Å². The second-order valence-corrected chi connectivity index (χ2v) is 12.2. The van der Waals surface area contributed by atoms with E-state index in [1.807, 2.05) is 0 Å². The molecule has 2 rings (SSSR count). The third-order valence-electron chi connectivity index (χ3n) is 6.69. The van der Waals surface area contributed by atoms with Crippen LogP contribution in [0.4, 0.5) is 0 Å². The number of nitrogens with zero attached hydrogens (tertiary/aromatic N) is 3. The lowest BCUT2D eigenvalue weighted by atomic mass is 10.1. The Morgan fingerprint density at radius 3 is 2.12 bits per heavy atom. The number of primary amides is 1. The van der Waals surface area contributed by atoms with Crippen molar-refractivity contribution in [3.8, 4) is 0 Å². The summed E-state index contributed by atoms with van der Waals surface area (Å²) in [4.78, 5) is 61.6. The Morgan fingerprint density at radius 2 is 1.48 bits per heavy atom. The van der Waals surface area contributed by atoms with Crippen LogP contribution in [0.1, 0.15) is 32.1 Å². The highest BCUT2D eigenvalue weighted by Crippen LogP contribution is 2.21. The summed E-state index contributed by atoms with van der Waals surface area (Å²) in [5.41, 5.74) is 26.7. The van der Waals surface area contributed by atoms with Crippen molar-refractivity contribution in [2.75, 3.05) is 39.3 Å². The topological polar surface area (TPSA) is 330 Å². The standard InChI is InChI=1S/C28H45N13O6S/c29-25(44)20(5-2-10-37-27(30)31)41-26(45)21(6-3-11-38-28(32)33)40-23(42)9-13-36-24(43)17-35-14-15-39-48(46,47)22-7-1-4-18-16-34-12-8-19(18)22/h1,4,7-8,12,16,20-21,35,39H,2-3,5-6,9-11,13-15,17H2,(H2,29,44)(H,36,43)(H,40,42)(H,41,45)(H4,30,31,37)(H4,32,33,38)/t20-,21-/m1/s1. The number of nitrogens with two attached hydrogens (primary N) is 5. The Morgan fingerprint density at radius 1 is 0.812 bits per heavy atom. The molecule has 19 nitrogen and oxygen atoms in total. The molecule has 2 atom stereocenters. The summed E-state index contributed by atoms with van der Waals surface area (Å²) in [6.07, 6.45) is 3.95. The minimum atomic E-state index is -3.80. The van der Waals surface area contributed by atoms with E-state index in [1.165, 1.54) is 12.3 Å². The maximum absolute atomic E-state index is 13.0. The van der Waals surface area contributed by atoms with Gasteiger partial charge in [-0.3, -0.25) is 34.1 Å². The van der Waals surface area contributed by atoms with Gasteiger partial charge in [0.15, 0.2) is 11.9 Å². The number of aliphatic imine (C=N–C) groups is 2. The van der Waals surface area contributed by atoms with Crippen molar-refractivity contribution in [1.29, 1.82) is 0 Å². The van der Waals surface area contributed by atoms with Gasteiger partial charge in [-0.1, -0.05) is 12.1 Å². The van der Waals surface area contributed by atoms with E-state index in [1.54, 1.807) is 24.4 Å². The summed E-state index contributed by atoms with van der Waals surface area (Å²) >= 11 is 0. The summed E-state index contributed by atoms with van der Waals surface area (Å²) in [6.45, 7) is 0.453. The number of hydrogen-bond donors (Lipinski definition) is 10. The lowest BCUT2D eigenvalue weighted by Crippen LogP contribution is -2.53. The van der Waals surface area contributed by atoms with E-state index >= 15 is 0 Å². The van der Waals surface area contributed by atoms with Crippen molar-refractivity contribution in [3.63, 3.8) is 0 Å². The first-order valence-electron chi connectivity index (χ1n) is 15.1. The molecule has 0 unspecified atom stereocenters. The summed E-state index contributed by atoms with van der Waals surface area (Å²) in [7, 11) is -3.80. The van der Waals surface area contributed by atoms with Crippen LogP contribution in [0.5, 0.6) is 0 Å². The quantitative estimate of drug-likeness (QED) is 0.0323. The van der Waals surface area contributed by atoms with E-state index in [0.29, 0.717) is 23.6 Å². The van der Waals surface area contributed by atoms with Crippen LogP contribution in [0, 0.1) is 0 Å². The average Bonchev–Trinajstić information content (AvgIpc) is 3.02. The molecule has 0 bridgehead atoms. The highest BCUT2D eigenvalue weighted by Gasteiger charge is 2.25. The Labute approximate surface area is 278 Å². The van der Waals surface area contributed by atoms with Gasteiger partial charge in [0, 0.05) is 62.3 Å². The largest absolute Gasteiger partial charge is 0.370 e. The number of fused-ring (bicyclic) bond motifs is 1. The SMILES string of the molecule is NC(=O)[C@@H](CCCN=C(N)N)NC(=O)[C@@H](CCCN=C(N)N)NC(=O)CCNC(=O)CNCCNS(=O)(=O)c1cccc2cnccc12. The van der Waals surface area contributed by atoms with E-state index in [2.05, 4.69) is 41.0 Å². The van der Waals surface area contributed by atoms with Crippen molar-refractivity contribution in [2.24, 2.45) is 38.7 Å². The number of aromatic nitrogens is 1. The fourth-order valence-electron chi connectivity index (χ4n) is 4.36. The molecule has 0 aliphatic rings. The van der Waals surface area contributed by atoms with Gasteiger partial charge in [-0.15, -0.1) is 0 Å². The second-order valence-electron chi connectivity index (χ2n) is 10.5. The second kappa shape index (κ2) is 20.2. The number of pyridine rings is 1. The normalized spacial score (nSPS) is 12.3. The van der Waals surface area contributed by atoms with E-state index in [-0.39, 0.29) is 75.3 Å². The monoisotopic (exact) mass is 691 g/mol. The van der Waals surface area contributed by atoms with Gasteiger partial charge in [0.05, 0.1) is 11.4 Å². The molecule has 15 N–H and O–H groups in total. The number of carbonyl (C=O) groups is 4. The number of amides is 4. The van der Waals surface area contributed by atoms with E-state index in [4.69, 9.17) is 28.7 Å². The number of hydrogen-bond acceptors (Lipinski definition) is 10. The van der Waals surface area contributed by atoms with Gasteiger partial charge in [-0.25, -0.2) is 13.1 Å². The third-order valence-corrected chi connectivity index (χ3v) is 8.21. The van der Waals surface area contributed by atoms with Crippen molar-refractivity contribution >= 4 is 56.3 Å². The summed E-state index contributed by atoms with van der Waals surface area (Å²) in [6, 6.07) is 4.45. The summed E-state index contributed by atoms with van der Waals surface area (Å²) in [5.74, 6) is -2.60. The van der Waals surface area contributed by atoms with Crippen LogP contribution in [0.2, 0.25) is 0 Å². The fraction of sp³-hybridized carbons (Fsp3) is 0.464. The van der Waals surface area contributed by atoms with E-state index in [9.17, 15) is 27.6 Å². The Balaban J connectivity index is 1.79. The molecule has 2 aromatic rings. The van der Waals surface area contributed by atoms with E-state index in [0.717, 1.165) is 0 Å². The predicted molar refractivity (Wildman–Crippen MR) is 180 cm³/mol. The van der Waals surface area contributed by atoms with Crippen LogP contribution in [0.15, 0.2) is 51.5 Å². The van der Waals surface area contributed by atoms with Gasteiger partial charge < -0.3 is 49.9 Å². The zero-order valence-corrected chi connectivity index (χ0v) is 27.3. The minimum absolute atomic E-state index is 0.0268. The van der Waals surface area contributed by atoms with Gasteiger partial charge in [0.25, 0.3) is 0 Å². The van der Waals surface area contributed by atoms with Crippen molar-refractivity contribution in [1.82, 2.24) is 31.0 Å². The number of sulfonamides is 1. The average molecular weight is 692 g/mol. The molecular weight excluding hydrogens is 646 g/mol. The van der Waals surface area contributed by atoms with Crippen LogP contribution >= 0.6 is 0 Å². The molecule has 4 amide bonds. The molecule has 0 aliphatic carbocycles. The Kier molecular flexibility index (Phi) is 16.5. The molecule has 1 aromatic heterocycles. The molecule has 48 heavy (non-hydrogen) atoms. The molecule has 264 valence electrons. The highest BCUT2D eigenvalue weighted by atomic mass is 32.2. The number of carbonyl (C=O) groups excluding carboxylic acids is 4. The molecule has 0 saturated carbocycles. The molecule has 0 saturated heterocycles.